The second-order valence-corrected chi connectivity index (χ2v) is 5.01. The molecule has 0 saturated carbocycles. The highest BCUT2D eigenvalue weighted by Crippen LogP contribution is 2.15. The Balaban J connectivity index is 1.64. The number of thioether (sulfide) groups is 1. The van der Waals surface area contributed by atoms with E-state index in [0.29, 0.717) is 0 Å². The minimum atomic E-state index is 0.990. The van der Waals surface area contributed by atoms with Gasteiger partial charge < -0.3 is 9.13 Å². The number of rotatable bonds is 6. The SMILES string of the molecule is Cc1nccn1CCCCSc1nncn1C. The van der Waals surface area contributed by atoms with Crippen molar-refractivity contribution in [2.75, 3.05) is 5.75 Å². The molecule has 2 aromatic rings. The van der Waals surface area contributed by atoms with Crippen molar-refractivity contribution >= 4 is 11.8 Å². The molecule has 0 atom stereocenters. The molecule has 6 heteroatoms. The molecule has 0 N–H and O–H groups in total. The predicted octanol–water partition coefficient (Wildman–Crippen LogP) is 1.89. The first-order valence-corrected chi connectivity index (χ1v) is 6.70. The van der Waals surface area contributed by atoms with Crippen LogP contribution in [0, 0.1) is 6.92 Å². The fraction of sp³-hybridized carbons (Fsp3) is 0.545. The smallest absolute Gasteiger partial charge is 0.190 e. The molecule has 17 heavy (non-hydrogen) atoms. The lowest BCUT2D eigenvalue weighted by Gasteiger charge is -2.04. The zero-order valence-electron chi connectivity index (χ0n) is 10.2. The second kappa shape index (κ2) is 5.86. The summed E-state index contributed by atoms with van der Waals surface area (Å²) in [5.74, 6) is 2.17. The average molecular weight is 251 g/mol. The topological polar surface area (TPSA) is 48.5 Å². The van der Waals surface area contributed by atoms with Crippen molar-refractivity contribution in [1.82, 2.24) is 24.3 Å². The zero-order chi connectivity index (χ0) is 12.1. The molecule has 2 rings (SSSR count). The summed E-state index contributed by atoms with van der Waals surface area (Å²) in [7, 11) is 1.97. The number of aromatic nitrogens is 5. The van der Waals surface area contributed by atoms with E-state index in [2.05, 4.69) is 19.7 Å². The molecular weight excluding hydrogens is 234 g/mol. The Morgan fingerprint density at radius 3 is 2.88 bits per heavy atom. The van der Waals surface area contributed by atoms with Gasteiger partial charge in [-0.2, -0.15) is 0 Å². The molecule has 92 valence electrons. The van der Waals surface area contributed by atoms with Crippen LogP contribution in [0.1, 0.15) is 18.7 Å². The van der Waals surface area contributed by atoms with Crippen molar-refractivity contribution in [2.24, 2.45) is 7.05 Å². The van der Waals surface area contributed by atoms with Crippen molar-refractivity contribution in [1.29, 1.82) is 0 Å². The van der Waals surface area contributed by atoms with Crippen LogP contribution in [0.2, 0.25) is 0 Å². The molecule has 0 aliphatic heterocycles. The van der Waals surface area contributed by atoms with Crippen molar-refractivity contribution in [3.63, 3.8) is 0 Å². The molecule has 2 heterocycles. The van der Waals surface area contributed by atoms with Gasteiger partial charge >= 0.3 is 0 Å². The minimum Gasteiger partial charge on any atom is -0.335 e. The Bertz CT molecular complexity index is 420. The van der Waals surface area contributed by atoms with Gasteiger partial charge in [0.15, 0.2) is 5.16 Å². The predicted molar refractivity (Wildman–Crippen MR) is 67.9 cm³/mol. The summed E-state index contributed by atoms with van der Waals surface area (Å²) in [6, 6.07) is 0. The van der Waals surface area contributed by atoms with Gasteiger partial charge in [0.25, 0.3) is 0 Å². The van der Waals surface area contributed by atoms with Crippen LogP contribution < -0.4 is 0 Å². The summed E-state index contributed by atoms with van der Waals surface area (Å²) >= 11 is 1.76. The molecule has 0 amide bonds. The van der Waals surface area contributed by atoms with Gasteiger partial charge in [-0.1, -0.05) is 11.8 Å². The monoisotopic (exact) mass is 251 g/mol. The first-order valence-electron chi connectivity index (χ1n) is 5.72. The van der Waals surface area contributed by atoms with E-state index in [0.717, 1.165) is 23.3 Å². The van der Waals surface area contributed by atoms with E-state index in [1.165, 1.54) is 12.8 Å². The van der Waals surface area contributed by atoms with Crippen LogP contribution in [0.3, 0.4) is 0 Å². The summed E-state index contributed by atoms with van der Waals surface area (Å²) in [4.78, 5) is 4.20. The molecule has 0 aliphatic rings. The van der Waals surface area contributed by atoms with Crippen LogP contribution in [-0.4, -0.2) is 30.1 Å². The maximum atomic E-state index is 4.20. The highest BCUT2D eigenvalue weighted by Gasteiger charge is 2.01. The Hall–Kier alpha value is -1.30. The molecule has 0 fully saturated rings. The third-order valence-corrected chi connectivity index (χ3v) is 3.74. The summed E-state index contributed by atoms with van der Waals surface area (Å²) in [6.45, 7) is 3.08. The van der Waals surface area contributed by atoms with Gasteiger partial charge in [-0.3, -0.25) is 0 Å². The fourth-order valence-electron chi connectivity index (χ4n) is 1.59. The van der Waals surface area contributed by atoms with E-state index >= 15 is 0 Å². The Morgan fingerprint density at radius 2 is 2.24 bits per heavy atom. The lowest BCUT2D eigenvalue weighted by atomic mass is 10.3. The summed E-state index contributed by atoms with van der Waals surface area (Å²) in [5, 5.41) is 8.88. The molecule has 2 aromatic heterocycles. The number of hydrogen-bond acceptors (Lipinski definition) is 4. The number of imidazole rings is 1. The van der Waals surface area contributed by atoms with Gasteiger partial charge in [0, 0.05) is 31.7 Å². The molecule has 0 spiro atoms. The number of nitrogens with zero attached hydrogens (tertiary/aromatic N) is 5. The van der Waals surface area contributed by atoms with Crippen LogP contribution in [0.4, 0.5) is 0 Å². The zero-order valence-corrected chi connectivity index (χ0v) is 11.0. The largest absolute Gasteiger partial charge is 0.335 e. The molecule has 0 saturated heterocycles. The van der Waals surface area contributed by atoms with Crippen molar-refractivity contribution in [3.8, 4) is 0 Å². The van der Waals surface area contributed by atoms with Crippen molar-refractivity contribution in [2.45, 2.75) is 31.5 Å². The van der Waals surface area contributed by atoms with Gasteiger partial charge in [0.05, 0.1) is 0 Å². The third kappa shape index (κ3) is 3.33. The average Bonchev–Trinajstić information content (AvgIpc) is 2.89. The number of hydrogen-bond donors (Lipinski definition) is 0. The van der Waals surface area contributed by atoms with E-state index in [4.69, 9.17) is 0 Å². The highest BCUT2D eigenvalue weighted by atomic mass is 32.2. The van der Waals surface area contributed by atoms with E-state index < -0.39 is 0 Å². The van der Waals surface area contributed by atoms with Crippen molar-refractivity contribution in [3.05, 3.63) is 24.5 Å². The molecule has 0 radical (unpaired) electrons. The van der Waals surface area contributed by atoms with Crippen LogP contribution in [0.15, 0.2) is 23.9 Å². The van der Waals surface area contributed by atoms with Crippen LogP contribution in [0.25, 0.3) is 0 Å². The maximum Gasteiger partial charge on any atom is 0.190 e. The van der Waals surface area contributed by atoms with Crippen LogP contribution in [-0.2, 0) is 13.6 Å². The van der Waals surface area contributed by atoms with E-state index in [-0.39, 0.29) is 0 Å². The van der Waals surface area contributed by atoms with Gasteiger partial charge in [0.2, 0.25) is 0 Å². The van der Waals surface area contributed by atoms with Gasteiger partial charge in [0.1, 0.15) is 12.2 Å². The lowest BCUT2D eigenvalue weighted by molar-refractivity contribution is 0.618. The minimum absolute atomic E-state index is 0.990. The van der Waals surface area contributed by atoms with E-state index in [9.17, 15) is 0 Å². The lowest BCUT2D eigenvalue weighted by Crippen LogP contribution is -1.99. The molecular formula is C11H17N5S. The first kappa shape index (κ1) is 12.2. The van der Waals surface area contributed by atoms with E-state index in [1.54, 1.807) is 18.1 Å². The molecule has 5 nitrogen and oxygen atoms in total. The molecule has 0 unspecified atom stereocenters. The molecule has 0 bridgehead atoms. The van der Waals surface area contributed by atoms with Gasteiger partial charge in [-0.25, -0.2) is 4.98 Å². The third-order valence-electron chi connectivity index (χ3n) is 2.62. The van der Waals surface area contributed by atoms with Crippen LogP contribution in [0.5, 0.6) is 0 Å². The van der Waals surface area contributed by atoms with Crippen molar-refractivity contribution < 1.29 is 0 Å². The Labute approximate surface area is 105 Å². The Morgan fingerprint density at radius 1 is 1.35 bits per heavy atom. The van der Waals surface area contributed by atoms with E-state index in [1.807, 2.05) is 30.9 Å². The normalized spacial score (nSPS) is 10.9. The Kier molecular flexibility index (Phi) is 4.19. The first-order chi connectivity index (χ1) is 8.27. The summed E-state index contributed by atoms with van der Waals surface area (Å²) in [5.41, 5.74) is 0. The molecule has 0 aromatic carbocycles. The quantitative estimate of drug-likeness (QED) is 0.581. The summed E-state index contributed by atoms with van der Waals surface area (Å²) < 4.78 is 4.14. The fourth-order valence-corrected chi connectivity index (χ4v) is 2.48. The van der Waals surface area contributed by atoms with Gasteiger partial charge in [-0.15, -0.1) is 10.2 Å². The standard InChI is InChI=1S/C11H17N5S/c1-10-12-5-7-16(10)6-3-4-8-17-11-14-13-9-15(11)2/h5,7,9H,3-4,6,8H2,1-2H3. The summed E-state index contributed by atoms with van der Waals surface area (Å²) in [6.07, 6.45) is 7.96. The number of unbranched alkanes of at least 4 members (excludes halogenated alkanes) is 1. The number of aryl methyl sites for hydroxylation is 3. The van der Waals surface area contributed by atoms with Gasteiger partial charge in [-0.05, 0) is 19.8 Å². The maximum absolute atomic E-state index is 4.20. The molecule has 0 aliphatic carbocycles. The van der Waals surface area contributed by atoms with Crippen LogP contribution >= 0.6 is 11.8 Å². The second-order valence-electron chi connectivity index (χ2n) is 3.95. The highest BCUT2D eigenvalue weighted by molar-refractivity contribution is 7.99.